The van der Waals surface area contributed by atoms with Crippen molar-refractivity contribution in [3.8, 4) is 11.3 Å². The first-order chi connectivity index (χ1) is 14.6. The molecule has 0 saturated carbocycles. The number of aromatic nitrogens is 2. The Morgan fingerprint density at radius 1 is 1.07 bits per heavy atom. The lowest BCUT2D eigenvalue weighted by atomic mass is 10.0. The van der Waals surface area contributed by atoms with E-state index < -0.39 is 0 Å². The molecule has 156 valence electrons. The molecule has 1 aromatic heterocycles. The van der Waals surface area contributed by atoms with Crippen LogP contribution < -0.4 is 4.90 Å². The van der Waals surface area contributed by atoms with Gasteiger partial charge in [0.2, 0.25) is 0 Å². The molecule has 1 aliphatic heterocycles. The van der Waals surface area contributed by atoms with Gasteiger partial charge >= 0.3 is 0 Å². The first kappa shape index (κ1) is 20.2. The van der Waals surface area contributed by atoms with Crippen molar-refractivity contribution in [1.29, 1.82) is 0 Å². The van der Waals surface area contributed by atoms with E-state index in [2.05, 4.69) is 12.1 Å². The van der Waals surface area contributed by atoms with Gasteiger partial charge < -0.3 is 14.9 Å². The molecular weight excluding hydrogens is 376 g/mol. The number of nitrogens with zero attached hydrogens (tertiary/aromatic N) is 4. The van der Waals surface area contributed by atoms with Gasteiger partial charge in [0.25, 0.3) is 5.91 Å². The van der Waals surface area contributed by atoms with Crippen molar-refractivity contribution in [3.63, 3.8) is 0 Å². The van der Waals surface area contributed by atoms with Gasteiger partial charge in [0.15, 0.2) is 0 Å². The largest absolute Gasteiger partial charge is 0.395 e. The fraction of sp³-hybridized carbons (Fsp3) is 0.333. The van der Waals surface area contributed by atoms with Gasteiger partial charge in [-0.25, -0.2) is 0 Å². The van der Waals surface area contributed by atoms with E-state index in [1.165, 1.54) is 11.3 Å². The van der Waals surface area contributed by atoms with Gasteiger partial charge in [-0.2, -0.15) is 5.10 Å². The van der Waals surface area contributed by atoms with Crippen LogP contribution in [0.5, 0.6) is 0 Å². The molecule has 0 unspecified atom stereocenters. The highest BCUT2D eigenvalue weighted by molar-refractivity contribution is 5.94. The number of carbonyl (C=O) groups is 1. The van der Waals surface area contributed by atoms with E-state index in [0.717, 1.165) is 29.8 Å². The van der Waals surface area contributed by atoms with Crippen LogP contribution in [-0.4, -0.2) is 59.0 Å². The maximum absolute atomic E-state index is 13.1. The number of rotatable bonds is 5. The van der Waals surface area contributed by atoms with E-state index in [-0.39, 0.29) is 12.5 Å². The summed E-state index contributed by atoms with van der Waals surface area (Å²) in [7, 11) is 3.92. The third-order valence-corrected chi connectivity index (χ3v) is 5.85. The molecule has 0 fully saturated rings. The molecular formula is C24H28N4O2. The number of aryl methyl sites for hydroxylation is 1. The summed E-state index contributed by atoms with van der Waals surface area (Å²) in [6.45, 7) is 2.04. The highest BCUT2D eigenvalue weighted by atomic mass is 16.3. The summed E-state index contributed by atoms with van der Waals surface area (Å²) in [6.07, 6.45) is 1.60. The number of likely N-dealkylation sites (N-methyl/N-ethyl adjacent to an activating group) is 1. The highest BCUT2D eigenvalue weighted by Crippen LogP contribution is 2.28. The Kier molecular flexibility index (Phi) is 5.86. The van der Waals surface area contributed by atoms with Gasteiger partial charge in [-0.15, -0.1) is 0 Å². The zero-order chi connectivity index (χ0) is 21.1. The third kappa shape index (κ3) is 3.96. The van der Waals surface area contributed by atoms with Gasteiger partial charge in [-0.05, 0) is 30.7 Å². The summed E-state index contributed by atoms with van der Waals surface area (Å²) in [4.78, 5) is 17.0. The smallest absolute Gasteiger partial charge is 0.253 e. The normalized spacial score (nSPS) is 13.6. The van der Waals surface area contributed by atoms with Crippen molar-refractivity contribution in [3.05, 3.63) is 71.4 Å². The molecule has 0 bridgehead atoms. The fourth-order valence-electron chi connectivity index (χ4n) is 4.13. The number of benzene rings is 2. The van der Waals surface area contributed by atoms with Crippen molar-refractivity contribution in [2.75, 3.05) is 38.2 Å². The van der Waals surface area contributed by atoms with Crippen molar-refractivity contribution < 1.29 is 9.90 Å². The van der Waals surface area contributed by atoms with E-state index in [1.807, 2.05) is 71.0 Å². The highest BCUT2D eigenvalue weighted by Gasteiger charge is 2.25. The summed E-state index contributed by atoms with van der Waals surface area (Å²) >= 11 is 0. The first-order valence-electron chi connectivity index (χ1n) is 10.4. The minimum Gasteiger partial charge on any atom is -0.395 e. The molecule has 2 heterocycles. The maximum Gasteiger partial charge on any atom is 0.253 e. The zero-order valence-corrected chi connectivity index (χ0v) is 17.6. The lowest BCUT2D eigenvalue weighted by molar-refractivity contribution is 0.0762. The van der Waals surface area contributed by atoms with Gasteiger partial charge in [0.1, 0.15) is 0 Å². The van der Waals surface area contributed by atoms with Gasteiger partial charge in [0.05, 0.1) is 12.3 Å². The molecule has 2 aromatic carbocycles. The van der Waals surface area contributed by atoms with Crippen molar-refractivity contribution >= 4 is 11.6 Å². The van der Waals surface area contributed by atoms with Crippen LogP contribution in [-0.2, 0) is 19.9 Å². The molecule has 1 N–H and O–H groups in total. The van der Waals surface area contributed by atoms with Gasteiger partial charge in [-0.1, -0.05) is 30.3 Å². The standard InChI is InChI=1S/C24H28N4O2/c1-26(16-17-29)20-10-8-19(9-11-20)24(30)28-14-12-21-22(13-15-28)27(2)25-23(21)18-6-4-3-5-7-18/h3-11,29H,12-17H2,1-2H3. The number of aliphatic hydroxyl groups is 1. The Bertz CT molecular complexity index is 1010. The summed E-state index contributed by atoms with van der Waals surface area (Å²) in [5.74, 6) is 0.0633. The lowest BCUT2D eigenvalue weighted by Crippen LogP contribution is -2.33. The minimum atomic E-state index is 0.0633. The number of fused-ring (bicyclic) bond motifs is 1. The van der Waals surface area contributed by atoms with Gasteiger partial charge in [-0.3, -0.25) is 9.48 Å². The average Bonchev–Trinajstić information content (AvgIpc) is 2.95. The predicted octanol–water partition coefficient (Wildman–Crippen LogP) is 2.76. The molecule has 0 spiro atoms. The summed E-state index contributed by atoms with van der Waals surface area (Å²) in [5.41, 5.74) is 6.30. The first-order valence-corrected chi connectivity index (χ1v) is 10.4. The Hall–Kier alpha value is -3.12. The van der Waals surface area contributed by atoms with Crippen LogP contribution in [0.25, 0.3) is 11.3 Å². The Balaban J connectivity index is 1.51. The molecule has 0 saturated heterocycles. The van der Waals surface area contributed by atoms with Crippen molar-refractivity contribution in [2.45, 2.75) is 12.8 Å². The Morgan fingerprint density at radius 3 is 2.47 bits per heavy atom. The number of hydrogen-bond donors (Lipinski definition) is 1. The monoisotopic (exact) mass is 404 g/mol. The van der Waals surface area contributed by atoms with E-state index in [1.54, 1.807) is 0 Å². The molecule has 6 nitrogen and oxygen atoms in total. The number of anilines is 1. The van der Waals surface area contributed by atoms with Crippen LogP contribution in [0.3, 0.4) is 0 Å². The van der Waals surface area contributed by atoms with E-state index >= 15 is 0 Å². The average molecular weight is 405 g/mol. The SMILES string of the molecule is CN(CCO)c1ccc(C(=O)N2CCc3c(-c4ccccc4)nn(C)c3CC2)cc1. The van der Waals surface area contributed by atoms with Crippen LogP contribution in [0.15, 0.2) is 54.6 Å². The second-order valence-corrected chi connectivity index (χ2v) is 7.75. The number of aliphatic hydroxyl groups excluding tert-OH is 1. The second-order valence-electron chi connectivity index (χ2n) is 7.75. The molecule has 0 radical (unpaired) electrons. The summed E-state index contributed by atoms with van der Waals surface area (Å²) < 4.78 is 1.97. The maximum atomic E-state index is 13.1. The summed E-state index contributed by atoms with van der Waals surface area (Å²) in [5, 5.41) is 13.9. The molecule has 0 aliphatic carbocycles. The minimum absolute atomic E-state index is 0.0633. The summed E-state index contributed by atoms with van der Waals surface area (Å²) in [6, 6.07) is 17.9. The molecule has 3 aromatic rings. The topological polar surface area (TPSA) is 61.6 Å². The van der Waals surface area contributed by atoms with Crippen LogP contribution in [0.2, 0.25) is 0 Å². The van der Waals surface area contributed by atoms with Crippen molar-refractivity contribution in [2.24, 2.45) is 7.05 Å². The third-order valence-electron chi connectivity index (χ3n) is 5.85. The zero-order valence-electron chi connectivity index (χ0n) is 17.6. The Morgan fingerprint density at radius 2 is 1.77 bits per heavy atom. The van der Waals surface area contributed by atoms with Crippen LogP contribution in [0.1, 0.15) is 21.6 Å². The molecule has 0 atom stereocenters. The predicted molar refractivity (Wildman–Crippen MR) is 119 cm³/mol. The quantitative estimate of drug-likeness (QED) is 0.710. The second kappa shape index (κ2) is 8.71. The molecule has 1 aliphatic rings. The molecule has 6 heteroatoms. The van der Waals surface area contributed by atoms with E-state index in [4.69, 9.17) is 10.2 Å². The number of hydrogen-bond acceptors (Lipinski definition) is 4. The van der Waals surface area contributed by atoms with Crippen LogP contribution in [0, 0.1) is 0 Å². The molecule has 1 amide bonds. The van der Waals surface area contributed by atoms with Gasteiger partial charge in [0, 0.05) is 68.2 Å². The van der Waals surface area contributed by atoms with E-state index in [9.17, 15) is 4.79 Å². The number of carbonyl (C=O) groups excluding carboxylic acids is 1. The van der Waals surface area contributed by atoms with Crippen LogP contribution in [0.4, 0.5) is 5.69 Å². The number of amides is 1. The molecule has 4 rings (SSSR count). The lowest BCUT2D eigenvalue weighted by Gasteiger charge is -2.22. The van der Waals surface area contributed by atoms with E-state index in [0.29, 0.717) is 25.2 Å². The molecule has 30 heavy (non-hydrogen) atoms. The fourth-order valence-corrected chi connectivity index (χ4v) is 4.13. The van der Waals surface area contributed by atoms with Crippen LogP contribution >= 0.6 is 0 Å². The Labute approximate surface area is 177 Å². The van der Waals surface area contributed by atoms with Crippen molar-refractivity contribution in [1.82, 2.24) is 14.7 Å².